The van der Waals surface area contributed by atoms with E-state index >= 15 is 0 Å². The lowest BCUT2D eigenvalue weighted by Crippen LogP contribution is -2.49. The molecule has 0 unspecified atom stereocenters. The van der Waals surface area contributed by atoms with Crippen LogP contribution in [0.2, 0.25) is 0 Å². The van der Waals surface area contributed by atoms with Gasteiger partial charge in [-0.1, -0.05) is 37.8 Å². The van der Waals surface area contributed by atoms with E-state index in [-0.39, 0.29) is 11.9 Å². The summed E-state index contributed by atoms with van der Waals surface area (Å²) in [5.74, 6) is 0.108. The Kier molecular flexibility index (Phi) is 11.2. The Balaban J connectivity index is 2.24. The molecule has 8 heteroatoms. The van der Waals surface area contributed by atoms with Crippen LogP contribution in [-0.2, 0) is 19.1 Å². The Morgan fingerprint density at radius 2 is 1.82 bits per heavy atom. The molecule has 1 aromatic carbocycles. The predicted molar refractivity (Wildman–Crippen MR) is 131 cm³/mol. The number of ether oxygens (including phenoxy) is 3. The van der Waals surface area contributed by atoms with Gasteiger partial charge in [-0.05, 0) is 58.6 Å². The number of hydrogen-bond acceptors (Lipinski definition) is 6. The summed E-state index contributed by atoms with van der Waals surface area (Å²) < 4.78 is 16.3. The number of esters is 1. The maximum Gasteiger partial charge on any atom is 0.410 e. The quantitative estimate of drug-likeness (QED) is 0.442. The monoisotopic (exact) mass is 476 g/mol. The van der Waals surface area contributed by atoms with Gasteiger partial charge in [0.1, 0.15) is 17.4 Å². The number of carbonyl (C=O) groups excluding carboxylic acids is 3. The normalized spacial score (nSPS) is 17.7. The average molecular weight is 477 g/mol. The molecule has 2 rings (SSSR count). The first-order valence-electron chi connectivity index (χ1n) is 12.3. The fraction of sp³-hybridized carbons (Fsp3) is 0.654. The number of hydrogen-bond donors (Lipinski definition) is 1. The summed E-state index contributed by atoms with van der Waals surface area (Å²) in [5.41, 5.74) is -0.0770. The molecule has 190 valence electrons. The van der Waals surface area contributed by atoms with E-state index in [2.05, 4.69) is 5.32 Å². The van der Waals surface area contributed by atoms with E-state index in [0.717, 1.165) is 32.1 Å². The molecule has 0 radical (unpaired) electrons. The van der Waals surface area contributed by atoms with Gasteiger partial charge in [-0.15, -0.1) is 0 Å². The van der Waals surface area contributed by atoms with Crippen molar-refractivity contribution in [3.8, 4) is 5.75 Å². The third-order valence-electron chi connectivity index (χ3n) is 5.59. The van der Waals surface area contributed by atoms with Crippen molar-refractivity contribution < 1.29 is 28.6 Å². The number of anilines is 1. The largest absolute Gasteiger partial charge is 0.491 e. The molecule has 0 aliphatic carbocycles. The number of methoxy groups -OCH3 is 1. The lowest BCUT2D eigenvalue weighted by atomic mass is 10.0. The standard InChI is InChI=1S/C26H40N2O6/c1-26(2,3)34-25(31)28-18-12-5-6-13-19-33-22-16-11-10-14-20(22)27-24(30)21(28)15-8-7-9-17-23(29)32-4/h10-11,14,16,21H,5-9,12-13,15,17-19H2,1-4H3,(H,27,30)/t21-/m0/s1. The third-order valence-corrected chi connectivity index (χ3v) is 5.59. The molecule has 1 N–H and O–H groups in total. The van der Waals surface area contributed by atoms with Gasteiger partial charge < -0.3 is 19.5 Å². The number of amides is 2. The Morgan fingerprint density at radius 1 is 1.09 bits per heavy atom. The first-order chi connectivity index (χ1) is 16.2. The number of fused-ring (bicyclic) bond motifs is 1. The summed E-state index contributed by atoms with van der Waals surface area (Å²) in [4.78, 5) is 39.6. The molecular weight excluding hydrogens is 436 g/mol. The highest BCUT2D eigenvalue weighted by Crippen LogP contribution is 2.26. The van der Waals surface area contributed by atoms with Crippen LogP contribution in [0.25, 0.3) is 0 Å². The summed E-state index contributed by atoms with van der Waals surface area (Å²) in [6.07, 6.45) is 6.01. The van der Waals surface area contributed by atoms with Crippen molar-refractivity contribution in [2.45, 2.75) is 90.2 Å². The Labute approximate surface area is 203 Å². The lowest BCUT2D eigenvalue weighted by Gasteiger charge is -2.33. The minimum absolute atomic E-state index is 0.244. The van der Waals surface area contributed by atoms with Crippen LogP contribution < -0.4 is 10.1 Å². The van der Waals surface area contributed by atoms with Gasteiger partial charge in [-0.3, -0.25) is 14.5 Å². The van der Waals surface area contributed by atoms with Gasteiger partial charge in [0, 0.05) is 13.0 Å². The molecule has 0 saturated heterocycles. The topological polar surface area (TPSA) is 94.2 Å². The SMILES string of the molecule is COC(=O)CCCCC[C@H]1C(=O)Nc2ccccc2OCCCCCCN1C(=O)OC(C)(C)C. The molecule has 1 aliphatic heterocycles. The Bertz CT molecular complexity index is 805. The summed E-state index contributed by atoms with van der Waals surface area (Å²) in [7, 11) is 1.38. The van der Waals surface area contributed by atoms with Crippen LogP contribution in [-0.4, -0.2) is 54.8 Å². The van der Waals surface area contributed by atoms with Gasteiger partial charge in [0.15, 0.2) is 0 Å². The second-order valence-electron chi connectivity index (χ2n) is 9.61. The molecule has 0 saturated carbocycles. The second-order valence-corrected chi connectivity index (χ2v) is 9.61. The summed E-state index contributed by atoms with van der Waals surface area (Å²) >= 11 is 0. The van der Waals surface area contributed by atoms with Gasteiger partial charge in [-0.2, -0.15) is 0 Å². The summed E-state index contributed by atoms with van der Waals surface area (Å²) in [5, 5.41) is 2.98. The lowest BCUT2D eigenvalue weighted by molar-refractivity contribution is -0.140. The third kappa shape index (κ3) is 9.61. The van der Waals surface area contributed by atoms with Crippen molar-refractivity contribution in [1.82, 2.24) is 4.90 Å². The van der Waals surface area contributed by atoms with E-state index in [1.807, 2.05) is 39.0 Å². The van der Waals surface area contributed by atoms with Crippen molar-refractivity contribution in [2.24, 2.45) is 0 Å². The number of nitrogens with one attached hydrogen (secondary N) is 1. The van der Waals surface area contributed by atoms with E-state index in [9.17, 15) is 14.4 Å². The van der Waals surface area contributed by atoms with Crippen LogP contribution in [0.15, 0.2) is 24.3 Å². The molecular formula is C26H40N2O6. The fourth-order valence-electron chi connectivity index (χ4n) is 3.84. The van der Waals surface area contributed by atoms with Crippen LogP contribution in [0.1, 0.15) is 78.6 Å². The maximum atomic E-state index is 13.5. The molecule has 8 nitrogen and oxygen atoms in total. The minimum atomic E-state index is -0.693. The molecule has 1 atom stereocenters. The number of carbonyl (C=O) groups is 3. The van der Waals surface area contributed by atoms with Crippen LogP contribution >= 0.6 is 0 Å². The molecule has 1 aliphatic rings. The highest BCUT2D eigenvalue weighted by Gasteiger charge is 2.33. The van der Waals surface area contributed by atoms with Gasteiger partial charge in [-0.25, -0.2) is 4.79 Å². The molecule has 0 aromatic heterocycles. The number of nitrogens with zero attached hydrogens (tertiary/aromatic N) is 1. The van der Waals surface area contributed by atoms with E-state index in [1.165, 1.54) is 7.11 Å². The Morgan fingerprint density at radius 3 is 2.56 bits per heavy atom. The van der Waals surface area contributed by atoms with Crippen LogP contribution in [0.4, 0.5) is 10.5 Å². The summed E-state index contributed by atoms with van der Waals surface area (Å²) in [6, 6.07) is 6.66. The maximum absolute atomic E-state index is 13.5. The number of para-hydroxylation sites is 2. The van der Waals surface area contributed by atoms with Crippen molar-refractivity contribution in [2.75, 3.05) is 25.6 Å². The van der Waals surface area contributed by atoms with Crippen LogP contribution in [0, 0.1) is 0 Å². The van der Waals surface area contributed by atoms with E-state index in [1.54, 1.807) is 11.0 Å². The van der Waals surface area contributed by atoms with Crippen LogP contribution in [0.5, 0.6) is 5.75 Å². The van der Waals surface area contributed by atoms with E-state index in [0.29, 0.717) is 50.3 Å². The zero-order chi connectivity index (χ0) is 25.0. The molecule has 2 amide bonds. The molecule has 0 spiro atoms. The van der Waals surface area contributed by atoms with Crippen molar-refractivity contribution in [3.05, 3.63) is 24.3 Å². The molecule has 1 heterocycles. The number of unbranched alkanes of at least 4 members (excludes halogenated alkanes) is 2. The van der Waals surface area contributed by atoms with Crippen molar-refractivity contribution in [3.63, 3.8) is 0 Å². The first-order valence-corrected chi connectivity index (χ1v) is 12.3. The number of rotatable bonds is 6. The van der Waals surface area contributed by atoms with Crippen molar-refractivity contribution in [1.29, 1.82) is 0 Å². The highest BCUT2D eigenvalue weighted by molar-refractivity contribution is 5.97. The fourth-order valence-corrected chi connectivity index (χ4v) is 3.84. The number of benzene rings is 1. The van der Waals surface area contributed by atoms with Crippen LogP contribution in [0.3, 0.4) is 0 Å². The van der Waals surface area contributed by atoms with Crippen molar-refractivity contribution >= 4 is 23.7 Å². The molecule has 0 fully saturated rings. The predicted octanol–water partition coefficient (Wildman–Crippen LogP) is 5.31. The molecule has 1 aromatic rings. The second kappa shape index (κ2) is 13.8. The zero-order valence-corrected chi connectivity index (χ0v) is 21.1. The van der Waals surface area contributed by atoms with Gasteiger partial charge in [0.2, 0.25) is 5.91 Å². The average Bonchev–Trinajstić information content (AvgIpc) is 2.79. The van der Waals surface area contributed by atoms with Gasteiger partial charge in [0.25, 0.3) is 0 Å². The van der Waals surface area contributed by atoms with Gasteiger partial charge >= 0.3 is 12.1 Å². The Hall–Kier alpha value is -2.77. The minimum Gasteiger partial charge on any atom is -0.491 e. The van der Waals surface area contributed by atoms with Gasteiger partial charge in [0.05, 0.1) is 19.4 Å². The highest BCUT2D eigenvalue weighted by atomic mass is 16.6. The molecule has 34 heavy (non-hydrogen) atoms. The first kappa shape index (κ1) is 27.5. The van der Waals surface area contributed by atoms with E-state index in [4.69, 9.17) is 14.2 Å². The summed E-state index contributed by atoms with van der Waals surface area (Å²) in [6.45, 7) is 6.48. The smallest absolute Gasteiger partial charge is 0.410 e. The molecule has 0 bridgehead atoms. The van der Waals surface area contributed by atoms with E-state index < -0.39 is 17.7 Å². The zero-order valence-electron chi connectivity index (χ0n) is 21.1.